The molecule has 0 atom stereocenters. The van der Waals surface area contributed by atoms with Crippen LogP contribution in [0, 0.1) is 0 Å². The minimum atomic E-state index is -0.0708. The second kappa shape index (κ2) is 6.68. The van der Waals surface area contributed by atoms with Crippen LogP contribution < -0.4 is 15.4 Å². The molecule has 0 radical (unpaired) electrons. The number of nitrogens with one attached hydrogen (secondary N) is 2. The van der Waals surface area contributed by atoms with E-state index in [1.54, 1.807) is 6.07 Å². The number of piperazine rings is 1. The van der Waals surface area contributed by atoms with Crippen LogP contribution in [0.3, 0.4) is 0 Å². The molecule has 1 saturated heterocycles. The number of H-pyrrole nitrogens is 1. The van der Waals surface area contributed by atoms with Gasteiger partial charge in [-0.15, -0.1) is 0 Å². The van der Waals surface area contributed by atoms with Gasteiger partial charge >= 0.3 is 0 Å². The topological polar surface area (TPSA) is 73.7 Å². The summed E-state index contributed by atoms with van der Waals surface area (Å²) in [5.41, 5.74) is 0.796. The lowest BCUT2D eigenvalue weighted by atomic mass is 10.2. The summed E-state index contributed by atoms with van der Waals surface area (Å²) >= 11 is 0. The molecule has 19 heavy (non-hydrogen) atoms. The Bertz CT molecular complexity index is 452. The molecule has 2 heterocycles. The quantitative estimate of drug-likeness (QED) is 0.602. The Hall–Kier alpha value is -1.40. The van der Waals surface area contributed by atoms with E-state index < -0.39 is 0 Å². The Labute approximate surface area is 113 Å². The summed E-state index contributed by atoms with van der Waals surface area (Å²) in [4.78, 5) is 22.5. The lowest BCUT2D eigenvalue weighted by molar-refractivity contribution is -0.900. The molecular formula is C13H23N4O2+. The Morgan fingerprint density at radius 3 is 2.84 bits per heavy atom. The van der Waals surface area contributed by atoms with Gasteiger partial charge in [0.25, 0.3) is 5.56 Å². The number of aromatic nitrogens is 2. The number of aromatic amines is 1. The first-order valence-electron chi connectivity index (χ1n) is 7.02. The third kappa shape index (κ3) is 3.78. The maximum atomic E-state index is 11.6. The van der Waals surface area contributed by atoms with Gasteiger partial charge in [-0.3, -0.25) is 9.78 Å². The van der Waals surface area contributed by atoms with Crippen LogP contribution in [0.15, 0.2) is 10.9 Å². The van der Waals surface area contributed by atoms with E-state index >= 15 is 0 Å². The van der Waals surface area contributed by atoms with Crippen molar-refractivity contribution in [2.45, 2.75) is 19.8 Å². The van der Waals surface area contributed by atoms with Gasteiger partial charge in [0.1, 0.15) is 6.54 Å². The van der Waals surface area contributed by atoms with E-state index in [0.29, 0.717) is 5.95 Å². The zero-order chi connectivity index (χ0) is 13.7. The van der Waals surface area contributed by atoms with Crippen LogP contribution >= 0.6 is 0 Å². The van der Waals surface area contributed by atoms with Gasteiger partial charge < -0.3 is 14.9 Å². The molecule has 1 aliphatic rings. The molecule has 2 rings (SSSR count). The van der Waals surface area contributed by atoms with Crippen LogP contribution in [0.4, 0.5) is 5.95 Å². The van der Waals surface area contributed by atoms with Crippen LogP contribution in [0.5, 0.6) is 0 Å². The average Bonchev–Trinajstić information content (AvgIpc) is 2.40. The van der Waals surface area contributed by atoms with Crippen molar-refractivity contribution >= 4 is 5.95 Å². The summed E-state index contributed by atoms with van der Waals surface area (Å²) in [7, 11) is 0. The Kier molecular flexibility index (Phi) is 4.93. The SMILES string of the molecule is CCCc1cc(=O)[nH]c(N2CC[NH+](CCO)CC2)n1. The average molecular weight is 267 g/mol. The smallest absolute Gasteiger partial charge is 0.252 e. The second-order valence-electron chi connectivity index (χ2n) is 5.02. The summed E-state index contributed by atoms with van der Waals surface area (Å²) in [5.74, 6) is 0.694. The monoisotopic (exact) mass is 267 g/mol. The highest BCUT2D eigenvalue weighted by molar-refractivity contribution is 5.30. The van der Waals surface area contributed by atoms with Crippen molar-refractivity contribution in [3.63, 3.8) is 0 Å². The van der Waals surface area contributed by atoms with Gasteiger partial charge in [0.05, 0.1) is 32.8 Å². The van der Waals surface area contributed by atoms with Crippen LogP contribution in [0.25, 0.3) is 0 Å². The van der Waals surface area contributed by atoms with Crippen molar-refractivity contribution in [3.8, 4) is 0 Å². The molecule has 1 aromatic heterocycles. The van der Waals surface area contributed by atoms with E-state index in [1.165, 1.54) is 4.90 Å². The second-order valence-corrected chi connectivity index (χ2v) is 5.02. The molecule has 0 aromatic carbocycles. The lowest BCUT2D eigenvalue weighted by Crippen LogP contribution is -3.15. The molecule has 6 heteroatoms. The van der Waals surface area contributed by atoms with Crippen molar-refractivity contribution in [3.05, 3.63) is 22.1 Å². The van der Waals surface area contributed by atoms with Gasteiger partial charge in [0, 0.05) is 11.8 Å². The molecule has 0 spiro atoms. The van der Waals surface area contributed by atoms with Crippen LogP contribution in [0.1, 0.15) is 19.0 Å². The fourth-order valence-corrected chi connectivity index (χ4v) is 2.47. The Morgan fingerprint density at radius 1 is 1.47 bits per heavy atom. The molecule has 0 amide bonds. The normalized spacial score (nSPS) is 16.8. The molecule has 6 nitrogen and oxygen atoms in total. The van der Waals surface area contributed by atoms with E-state index in [0.717, 1.165) is 51.3 Å². The molecule has 0 aliphatic carbocycles. The van der Waals surface area contributed by atoms with Crippen molar-refractivity contribution in [1.29, 1.82) is 0 Å². The number of anilines is 1. The number of hydrogen-bond donors (Lipinski definition) is 3. The zero-order valence-electron chi connectivity index (χ0n) is 11.5. The van der Waals surface area contributed by atoms with Crippen LogP contribution in [-0.2, 0) is 6.42 Å². The molecule has 0 unspecified atom stereocenters. The highest BCUT2D eigenvalue weighted by atomic mass is 16.3. The number of aliphatic hydroxyl groups excluding tert-OH is 1. The first-order chi connectivity index (χ1) is 9.22. The fraction of sp³-hybridized carbons (Fsp3) is 0.692. The molecule has 1 fully saturated rings. The van der Waals surface area contributed by atoms with Gasteiger partial charge in [-0.1, -0.05) is 13.3 Å². The lowest BCUT2D eigenvalue weighted by Gasteiger charge is -2.32. The number of hydrogen-bond acceptors (Lipinski definition) is 4. The molecule has 106 valence electrons. The summed E-state index contributed by atoms with van der Waals surface area (Å²) in [6, 6.07) is 1.58. The molecule has 3 N–H and O–H groups in total. The third-order valence-electron chi connectivity index (χ3n) is 3.52. The van der Waals surface area contributed by atoms with Crippen molar-refractivity contribution < 1.29 is 10.0 Å². The zero-order valence-corrected chi connectivity index (χ0v) is 11.5. The first-order valence-corrected chi connectivity index (χ1v) is 7.02. The van der Waals surface area contributed by atoms with Crippen LogP contribution in [-0.4, -0.2) is 54.4 Å². The van der Waals surface area contributed by atoms with Gasteiger partial charge in [-0.2, -0.15) is 0 Å². The molecule has 0 saturated carbocycles. The first kappa shape index (κ1) is 14.0. The summed E-state index contributed by atoms with van der Waals surface area (Å²) in [5, 5.41) is 8.94. The number of rotatable bonds is 5. The van der Waals surface area contributed by atoms with Crippen molar-refractivity contribution in [2.24, 2.45) is 0 Å². The molecule has 1 aliphatic heterocycles. The fourth-order valence-electron chi connectivity index (χ4n) is 2.47. The van der Waals surface area contributed by atoms with E-state index in [9.17, 15) is 4.79 Å². The Morgan fingerprint density at radius 2 is 2.21 bits per heavy atom. The van der Waals surface area contributed by atoms with E-state index in [1.807, 2.05) is 0 Å². The van der Waals surface area contributed by atoms with E-state index in [2.05, 4.69) is 21.8 Å². The van der Waals surface area contributed by atoms with Gasteiger partial charge in [-0.05, 0) is 6.42 Å². The summed E-state index contributed by atoms with van der Waals surface area (Å²) in [6.07, 6.45) is 1.83. The number of aliphatic hydroxyl groups is 1. The molecule has 0 bridgehead atoms. The maximum Gasteiger partial charge on any atom is 0.252 e. The van der Waals surface area contributed by atoms with Gasteiger partial charge in [-0.25, -0.2) is 4.98 Å². The van der Waals surface area contributed by atoms with Gasteiger partial charge in [0.15, 0.2) is 0 Å². The predicted molar refractivity (Wildman–Crippen MR) is 73.7 cm³/mol. The minimum absolute atomic E-state index is 0.0708. The number of nitrogens with zero attached hydrogens (tertiary/aromatic N) is 2. The van der Waals surface area contributed by atoms with E-state index in [-0.39, 0.29) is 12.2 Å². The van der Waals surface area contributed by atoms with Crippen molar-refractivity contribution in [1.82, 2.24) is 9.97 Å². The van der Waals surface area contributed by atoms with Crippen molar-refractivity contribution in [2.75, 3.05) is 44.2 Å². The number of quaternary nitrogens is 1. The molecule has 1 aromatic rings. The number of aryl methyl sites for hydroxylation is 1. The Balaban J connectivity index is 2.04. The predicted octanol–water partition coefficient (Wildman–Crippen LogP) is -1.58. The summed E-state index contributed by atoms with van der Waals surface area (Å²) < 4.78 is 0. The maximum absolute atomic E-state index is 11.6. The van der Waals surface area contributed by atoms with E-state index in [4.69, 9.17) is 5.11 Å². The highest BCUT2D eigenvalue weighted by Gasteiger charge is 2.21. The van der Waals surface area contributed by atoms with Gasteiger partial charge in [0.2, 0.25) is 5.95 Å². The van der Waals surface area contributed by atoms with Crippen LogP contribution in [0.2, 0.25) is 0 Å². The summed E-state index contributed by atoms with van der Waals surface area (Å²) in [6.45, 7) is 6.80. The molecular weight excluding hydrogens is 244 g/mol. The minimum Gasteiger partial charge on any atom is -0.391 e. The largest absolute Gasteiger partial charge is 0.391 e. The standard InChI is InChI=1S/C13H22N4O2/c1-2-3-11-10-12(19)15-13(14-11)17-6-4-16(5-7-17)8-9-18/h10,18H,2-9H2,1H3,(H,14,15,19)/p+1. The highest BCUT2D eigenvalue weighted by Crippen LogP contribution is 2.06. The third-order valence-corrected chi connectivity index (χ3v) is 3.52.